The molecule has 18 heavy (non-hydrogen) atoms. The van der Waals surface area contributed by atoms with Crippen molar-refractivity contribution in [2.45, 2.75) is 27.0 Å². The maximum absolute atomic E-state index is 5.80. The first-order valence-electron chi connectivity index (χ1n) is 6.02. The number of rotatable bonds is 4. The van der Waals surface area contributed by atoms with Crippen molar-refractivity contribution in [1.29, 1.82) is 0 Å². The molecule has 3 nitrogen and oxygen atoms in total. The fourth-order valence-electron chi connectivity index (χ4n) is 1.87. The van der Waals surface area contributed by atoms with Crippen LogP contribution in [0, 0.1) is 13.8 Å². The topological polar surface area (TPSA) is 48.1 Å². The van der Waals surface area contributed by atoms with Gasteiger partial charge in [0.25, 0.3) is 0 Å². The molecule has 1 aromatic carbocycles. The number of nitrogens with two attached hydrogens (primary N) is 1. The predicted molar refractivity (Wildman–Crippen MR) is 72.4 cm³/mol. The smallest absolute Gasteiger partial charge is 0.124 e. The van der Waals surface area contributed by atoms with Gasteiger partial charge in [-0.3, -0.25) is 4.98 Å². The monoisotopic (exact) mass is 242 g/mol. The summed E-state index contributed by atoms with van der Waals surface area (Å²) < 4.78 is 5.80. The molecule has 0 radical (unpaired) electrons. The summed E-state index contributed by atoms with van der Waals surface area (Å²) >= 11 is 0. The van der Waals surface area contributed by atoms with Gasteiger partial charge in [0.15, 0.2) is 0 Å². The maximum atomic E-state index is 5.80. The molecular weight excluding hydrogens is 224 g/mol. The summed E-state index contributed by atoms with van der Waals surface area (Å²) in [5.41, 5.74) is 10.2. The molecule has 0 saturated carbocycles. The van der Waals surface area contributed by atoms with Gasteiger partial charge in [0.2, 0.25) is 0 Å². The van der Waals surface area contributed by atoms with Gasteiger partial charge in [0.1, 0.15) is 12.4 Å². The standard InChI is InChI=1S/C15H18N2O/c1-11-3-4-15(14(6-11)7-16)18-10-13-5-12(2)8-17-9-13/h3-6,8-9H,7,10,16H2,1-2H3. The minimum atomic E-state index is 0.489. The van der Waals surface area contributed by atoms with Crippen LogP contribution in [-0.4, -0.2) is 4.98 Å². The number of ether oxygens (including phenoxy) is 1. The summed E-state index contributed by atoms with van der Waals surface area (Å²) in [4.78, 5) is 4.15. The molecule has 0 amide bonds. The Balaban J connectivity index is 2.10. The summed E-state index contributed by atoms with van der Waals surface area (Å²) in [6.07, 6.45) is 3.66. The second-order valence-corrected chi connectivity index (χ2v) is 4.47. The van der Waals surface area contributed by atoms with Crippen LogP contribution >= 0.6 is 0 Å². The lowest BCUT2D eigenvalue weighted by molar-refractivity contribution is 0.302. The largest absolute Gasteiger partial charge is 0.489 e. The lowest BCUT2D eigenvalue weighted by Crippen LogP contribution is -2.03. The van der Waals surface area contributed by atoms with Crippen LogP contribution in [0.3, 0.4) is 0 Å². The van der Waals surface area contributed by atoms with Gasteiger partial charge in [-0.05, 0) is 31.5 Å². The van der Waals surface area contributed by atoms with Gasteiger partial charge in [-0.25, -0.2) is 0 Å². The van der Waals surface area contributed by atoms with E-state index in [4.69, 9.17) is 10.5 Å². The quantitative estimate of drug-likeness (QED) is 0.896. The van der Waals surface area contributed by atoms with Crippen molar-refractivity contribution in [3.8, 4) is 5.75 Å². The Kier molecular flexibility index (Phi) is 3.95. The van der Waals surface area contributed by atoms with E-state index in [9.17, 15) is 0 Å². The molecule has 0 unspecified atom stereocenters. The number of aryl methyl sites for hydroxylation is 2. The molecule has 1 aromatic heterocycles. The van der Waals surface area contributed by atoms with E-state index in [0.29, 0.717) is 13.2 Å². The van der Waals surface area contributed by atoms with E-state index >= 15 is 0 Å². The molecule has 0 atom stereocenters. The summed E-state index contributed by atoms with van der Waals surface area (Å²) in [5, 5.41) is 0. The number of hydrogen-bond acceptors (Lipinski definition) is 3. The number of nitrogens with zero attached hydrogens (tertiary/aromatic N) is 1. The maximum Gasteiger partial charge on any atom is 0.124 e. The van der Waals surface area contributed by atoms with Crippen molar-refractivity contribution in [2.24, 2.45) is 5.73 Å². The summed E-state index contributed by atoms with van der Waals surface area (Å²) in [5.74, 6) is 0.851. The highest BCUT2D eigenvalue weighted by Crippen LogP contribution is 2.20. The minimum Gasteiger partial charge on any atom is -0.489 e. The van der Waals surface area contributed by atoms with Crippen LogP contribution in [0.5, 0.6) is 5.75 Å². The Morgan fingerprint density at radius 1 is 1.11 bits per heavy atom. The van der Waals surface area contributed by atoms with Crippen LogP contribution in [0.25, 0.3) is 0 Å². The molecule has 0 aliphatic carbocycles. The molecule has 2 aromatic rings. The molecule has 0 aliphatic rings. The van der Waals surface area contributed by atoms with Gasteiger partial charge in [0.05, 0.1) is 0 Å². The van der Waals surface area contributed by atoms with E-state index in [1.807, 2.05) is 38.4 Å². The van der Waals surface area contributed by atoms with E-state index in [-0.39, 0.29) is 0 Å². The fourth-order valence-corrected chi connectivity index (χ4v) is 1.87. The van der Waals surface area contributed by atoms with E-state index in [2.05, 4.69) is 17.1 Å². The average Bonchev–Trinajstić information content (AvgIpc) is 2.37. The second-order valence-electron chi connectivity index (χ2n) is 4.47. The van der Waals surface area contributed by atoms with Gasteiger partial charge in [-0.1, -0.05) is 17.7 Å². The van der Waals surface area contributed by atoms with Crippen molar-refractivity contribution in [3.05, 3.63) is 58.9 Å². The first kappa shape index (κ1) is 12.6. The highest BCUT2D eigenvalue weighted by atomic mass is 16.5. The minimum absolute atomic E-state index is 0.489. The zero-order valence-electron chi connectivity index (χ0n) is 10.8. The molecule has 0 saturated heterocycles. The zero-order chi connectivity index (χ0) is 13.0. The molecule has 0 spiro atoms. The molecule has 0 fully saturated rings. The van der Waals surface area contributed by atoms with Gasteiger partial charge >= 0.3 is 0 Å². The zero-order valence-corrected chi connectivity index (χ0v) is 10.8. The van der Waals surface area contributed by atoms with Crippen LogP contribution in [0.15, 0.2) is 36.7 Å². The Bertz CT molecular complexity index is 538. The van der Waals surface area contributed by atoms with Crippen molar-refractivity contribution in [2.75, 3.05) is 0 Å². The van der Waals surface area contributed by atoms with Crippen LogP contribution in [0.1, 0.15) is 22.3 Å². The first-order valence-corrected chi connectivity index (χ1v) is 6.02. The lowest BCUT2D eigenvalue weighted by Gasteiger charge is -2.11. The SMILES string of the molecule is Cc1cncc(COc2ccc(C)cc2CN)c1. The van der Waals surface area contributed by atoms with Crippen molar-refractivity contribution < 1.29 is 4.74 Å². The third-order valence-corrected chi connectivity index (χ3v) is 2.76. The molecule has 0 aliphatic heterocycles. The number of aromatic nitrogens is 1. The second kappa shape index (κ2) is 5.65. The molecule has 2 N–H and O–H groups in total. The molecule has 1 heterocycles. The molecule has 3 heteroatoms. The third-order valence-electron chi connectivity index (χ3n) is 2.76. The van der Waals surface area contributed by atoms with Gasteiger partial charge in [-0.2, -0.15) is 0 Å². The third kappa shape index (κ3) is 3.08. The number of benzene rings is 1. The number of hydrogen-bond donors (Lipinski definition) is 1. The van der Waals surface area contributed by atoms with Crippen LogP contribution < -0.4 is 10.5 Å². The average molecular weight is 242 g/mol. The van der Waals surface area contributed by atoms with Gasteiger partial charge < -0.3 is 10.5 Å². The molecular formula is C15H18N2O. The lowest BCUT2D eigenvalue weighted by atomic mass is 10.1. The van der Waals surface area contributed by atoms with Crippen LogP contribution in [-0.2, 0) is 13.2 Å². The molecule has 2 rings (SSSR count). The van der Waals surface area contributed by atoms with Crippen molar-refractivity contribution >= 4 is 0 Å². The van der Waals surface area contributed by atoms with Crippen molar-refractivity contribution in [3.63, 3.8) is 0 Å². The van der Waals surface area contributed by atoms with Gasteiger partial charge in [0, 0.05) is 30.1 Å². The highest BCUT2D eigenvalue weighted by molar-refractivity contribution is 5.37. The summed E-state index contributed by atoms with van der Waals surface area (Å²) in [6.45, 7) is 5.08. The van der Waals surface area contributed by atoms with E-state index < -0.39 is 0 Å². The van der Waals surface area contributed by atoms with Crippen molar-refractivity contribution in [1.82, 2.24) is 4.98 Å². The van der Waals surface area contributed by atoms with Gasteiger partial charge in [-0.15, -0.1) is 0 Å². The molecule has 0 bridgehead atoms. The first-order chi connectivity index (χ1) is 8.69. The highest BCUT2D eigenvalue weighted by Gasteiger charge is 2.03. The predicted octanol–water partition coefficient (Wildman–Crippen LogP) is 2.74. The Hall–Kier alpha value is -1.87. The summed E-state index contributed by atoms with van der Waals surface area (Å²) in [6, 6.07) is 8.14. The normalized spacial score (nSPS) is 10.4. The van der Waals surface area contributed by atoms with E-state index in [1.54, 1.807) is 0 Å². The fraction of sp³-hybridized carbons (Fsp3) is 0.267. The van der Waals surface area contributed by atoms with E-state index in [0.717, 1.165) is 22.4 Å². The van der Waals surface area contributed by atoms with E-state index in [1.165, 1.54) is 5.56 Å². The Morgan fingerprint density at radius 3 is 2.67 bits per heavy atom. The van der Waals surface area contributed by atoms with Crippen LogP contribution in [0.2, 0.25) is 0 Å². The molecule has 94 valence electrons. The Labute approximate surface area is 108 Å². The Morgan fingerprint density at radius 2 is 1.94 bits per heavy atom. The summed E-state index contributed by atoms with van der Waals surface area (Å²) in [7, 11) is 0. The number of pyridine rings is 1. The van der Waals surface area contributed by atoms with Crippen LogP contribution in [0.4, 0.5) is 0 Å².